The van der Waals surface area contributed by atoms with Crippen molar-refractivity contribution in [2.75, 3.05) is 11.9 Å². The summed E-state index contributed by atoms with van der Waals surface area (Å²) in [4.78, 5) is 13.5. The fraction of sp³-hybridized carbons (Fsp3) is 0.250. The van der Waals surface area contributed by atoms with E-state index < -0.39 is 10.0 Å². The van der Waals surface area contributed by atoms with Crippen LogP contribution in [0.5, 0.6) is 0 Å². The van der Waals surface area contributed by atoms with Crippen LogP contribution < -0.4 is 10.0 Å². The topological polar surface area (TPSA) is 75.3 Å². The lowest BCUT2D eigenvalue weighted by atomic mass is 10.1. The second kappa shape index (κ2) is 8.21. The highest BCUT2D eigenvalue weighted by Crippen LogP contribution is 2.31. The zero-order chi connectivity index (χ0) is 19.4. The summed E-state index contributed by atoms with van der Waals surface area (Å²) in [6.45, 7) is 4.32. The standard InChI is InChI=1S/C20H22N2O3S2/c1-3-4-12-21-27(24,25)16-9-7-8-15(13-16)22-20(23)19-14(2)17-10-5-6-11-18(17)26-19/h5-11,13,21H,3-4,12H2,1-2H3,(H,22,23). The van der Waals surface area contributed by atoms with Gasteiger partial charge in [-0.3, -0.25) is 4.79 Å². The number of hydrogen-bond acceptors (Lipinski definition) is 4. The van der Waals surface area contributed by atoms with Gasteiger partial charge in [0.05, 0.1) is 9.77 Å². The first kappa shape index (κ1) is 19.5. The van der Waals surface area contributed by atoms with Crippen molar-refractivity contribution in [3.63, 3.8) is 0 Å². The molecule has 0 radical (unpaired) electrons. The maximum absolute atomic E-state index is 12.7. The summed E-state index contributed by atoms with van der Waals surface area (Å²) >= 11 is 1.43. The zero-order valence-corrected chi connectivity index (χ0v) is 16.9. The normalized spacial score (nSPS) is 11.6. The SMILES string of the molecule is CCCCNS(=O)(=O)c1cccc(NC(=O)c2sc3ccccc3c2C)c1. The Bertz CT molecular complexity index is 1070. The molecule has 2 N–H and O–H groups in total. The number of carbonyl (C=O) groups excluding carboxylic acids is 1. The van der Waals surface area contributed by atoms with Gasteiger partial charge in [0.2, 0.25) is 10.0 Å². The average Bonchev–Trinajstić information content (AvgIpc) is 2.99. The molecule has 1 amide bonds. The number of anilines is 1. The number of unbranched alkanes of at least 4 members (excludes halogenated alkanes) is 1. The second-order valence-electron chi connectivity index (χ2n) is 6.29. The van der Waals surface area contributed by atoms with Crippen molar-refractivity contribution < 1.29 is 13.2 Å². The van der Waals surface area contributed by atoms with E-state index in [1.807, 2.05) is 38.1 Å². The Labute approximate surface area is 163 Å². The van der Waals surface area contributed by atoms with Crippen molar-refractivity contribution >= 4 is 43.0 Å². The van der Waals surface area contributed by atoms with Gasteiger partial charge in [0.25, 0.3) is 5.91 Å². The second-order valence-corrected chi connectivity index (χ2v) is 9.10. The van der Waals surface area contributed by atoms with Gasteiger partial charge in [-0.25, -0.2) is 13.1 Å². The minimum absolute atomic E-state index is 0.143. The predicted octanol–water partition coefficient (Wildman–Crippen LogP) is 4.54. The van der Waals surface area contributed by atoms with E-state index in [1.54, 1.807) is 12.1 Å². The Hall–Kier alpha value is -2.22. The highest BCUT2D eigenvalue weighted by molar-refractivity contribution is 7.89. The van der Waals surface area contributed by atoms with Gasteiger partial charge in [-0.05, 0) is 48.6 Å². The van der Waals surface area contributed by atoms with Crippen molar-refractivity contribution in [3.8, 4) is 0 Å². The van der Waals surface area contributed by atoms with Gasteiger partial charge in [-0.2, -0.15) is 0 Å². The fourth-order valence-electron chi connectivity index (χ4n) is 2.79. The molecule has 0 atom stereocenters. The molecule has 0 aliphatic rings. The molecular weight excluding hydrogens is 380 g/mol. The van der Waals surface area contributed by atoms with Crippen molar-refractivity contribution in [2.24, 2.45) is 0 Å². The molecule has 0 saturated heterocycles. The summed E-state index contributed by atoms with van der Waals surface area (Å²) in [7, 11) is -3.58. The minimum atomic E-state index is -3.58. The minimum Gasteiger partial charge on any atom is -0.321 e. The molecule has 0 unspecified atom stereocenters. The number of sulfonamides is 1. The van der Waals surface area contributed by atoms with E-state index in [0.717, 1.165) is 28.5 Å². The fourth-order valence-corrected chi connectivity index (χ4v) is 5.01. The average molecular weight is 403 g/mol. The van der Waals surface area contributed by atoms with Gasteiger partial charge in [-0.15, -0.1) is 11.3 Å². The molecule has 0 aliphatic heterocycles. The molecule has 27 heavy (non-hydrogen) atoms. The van der Waals surface area contributed by atoms with Crippen molar-refractivity contribution in [3.05, 3.63) is 59.0 Å². The van der Waals surface area contributed by atoms with Crippen molar-refractivity contribution in [1.29, 1.82) is 0 Å². The van der Waals surface area contributed by atoms with Crippen LogP contribution in [0.4, 0.5) is 5.69 Å². The third kappa shape index (κ3) is 4.37. The Kier molecular flexibility index (Phi) is 5.94. The first-order chi connectivity index (χ1) is 12.9. The molecule has 5 nitrogen and oxygen atoms in total. The van der Waals surface area contributed by atoms with Crippen LogP contribution in [0.15, 0.2) is 53.4 Å². The lowest BCUT2D eigenvalue weighted by Gasteiger charge is -2.09. The Balaban J connectivity index is 1.81. The first-order valence-electron chi connectivity index (χ1n) is 8.81. The lowest BCUT2D eigenvalue weighted by molar-refractivity contribution is 0.103. The van der Waals surface area contributed by atoms with Crippen LogP contribution in [-0.2, 0) is 10.0 Å². The van der Waals surface area contributed by atoms with Gasteiger partial charge in [-0.1, -0.05) is 37.6 Å². The van der Waals surface area contributed by atoms with E-state index in [9.17, 15) is 13.2 Å². The maximum atomic E-state index is 12.7. The van der Waals surface area contributed by atoms with E-state index in [-0.39, 0.29) is 10.8 Å². The highest BCUT2D eigenvalue weighted by atomic mass is 32.2. The monoisotopic (exact) mass is 402 g/mol. The molecular formula is C20H22N2O3S2. The van der Waals surface area contributed by atoms with E-state index in [0.29, 0.717) is 17.1 Å². The zero-order valence-electron chi connectivity index (χ0n) is 15.3. The van der Waals surface area contributed by atoms with Crippen molar-refractivity contribution in [1.82, 2.24) is 4.72 Å². The van der Waals surface area contributed by atoms with Crippen LogP contribution in [0, 0.1) is 6.92 Å². The van der Waals surface area contributed by atoms with Gasteiger partial charge in [0, 0.05) is 16.9 Å². The van der Waals surface area contributed by atoms with Crippen LogP contribution in [0.25, 0.3) is 10.1 Å². The third-order valence-electron chi connectivity index (χ3n) is 4.27. The number of fused-ring (bicyclic) bond motifs is 1. The number of nitrogens with one attached hydrogen (secondary N) is 2. The summed E-state index contributed by atoms with van der Waals surface area (Å²) in [5.41, 5.74) is 1.38. The molecule has 0 spiro atoms. The molecule has 2 aromatic carbocycles. The molecule has 3 aromatic rings. The molecule has 0 saturated carbocycles. The number of benzene rings is 2. The Morgan fingerprint density at radius 2 is 1.89 bits per heavy atom. The maximum Gasteiger partial charge on any atom is 0.266 e. The third-order valence-corrected chi connectivity index (χ3v) is 7.00. The molecule has 0 bridgehead atoms. The lowest BCUT2D eigenvalue weighted by Crippen LogP contribution is -2.24. The van der Waals surface area contributed by atoms with Crippen molar-refractivity contribution in [2.45, 2.75) is 31.6 Å². The first-order valence-corrected chi connectivity index (χ1v) is 11.1. The van der Waals surface area contributed by atoms with E-state index in [1.165, 1.54) is 23.5 Å². The smallest absolute Gasteiger partial charge is 0.266 e. The molecule has 7 heteroatoms. The van der Waals surface area contributed by atoms with E-state index in [2.05, 4.69) is 10.0 Å². The predicted molar refractivity (Wildman–Crippen MR) is 111 cm³/mol. The number of hydrogen-bond donors (Lipinski definition) is 2. The number of thiophene rings is 1. The quantitative estimate of drug-likeness (QED) is 0.570. The Morgan fingerprint density at radius 3 is 2.63 bits per heavy atom. The highest BCUT2D eigenvalue weighted by Gasteiger charge is 2.17. The number of carbonyl (C=O) groups is 1. The van der Waals surface area contributed by atoms with E-state index in [4.69, 9.17) is 0 Å². The molecule has 142 valence electrons. The van der Waals surface area contributed by atoms with Gasteiger partial charge >= 0.3 is 0 Å². The van der Waals surface area contributed by atoms with Gasteiger partial charge in [0.1, 0.15) is 0 Å². The number of rotatable bonds is 7. The van der Waals surface area contributed by atoms with Gasteiger partial charge in [0.15, 0.2) is 0 Å². The van der Waals surface area contributed by atoms with E-state index >= 15 is 0 Å². The van der Waals surface area contributed by atoms with Gasteiger partial charge < -0.3 is 5.32 Å². The molecule has 0 fully saturated rings. The van der Waals surface area contributed by atoms with Crippen LogP contribution in [0.1, 0.15) is 35.0 Å². The number of aryl methyl sites for hydroxylation is 1. The summed E-state index contributed by atoms with van der Waals surface area (Å²) in [5, 5.41) is 3.88. The molecule has 1 heterocycles. The summed E-state index contributed by atoms with van der Waals surface area (Å²) < 4.78 is 28.4. The molecule has 1 aromatic heterocycles. The van der Waals surface area contributed by atoms with Crippen LogP contribution in [-0.4, -0.2) is 20.9 Å². The summed E-state index contributed by atoms with van der Waals surface area (Å²) in [5.74, 6) is -0.234. The molecule has 3 rings (SSSR count). The Morgan fingerprint density at radius 1 is 1.11 bits per heavy atom. The molecule has 0 aliphatic carbocycles. The van der Waals surface area contributed by atoms with Crippen LogP contribution in [0.3, 0.4) is 0 Å². The van der Waals surface area contributed by atoms with Crippen LogP contribution >= 0.6 is 11.3 Å². The largest absolute Gasteiger partial charge is 0.321 e. The van der Waals surface area contributed by atoms with Crippen LogP contribution in [0.2, 0.25) is 0 Å². The summed E-state index contributed by atoms with van der Waals surface area (Å²) in [6, 6.07) is 14.2. The number of amides is 1. The summed E-state index contributed by atoms with van der Waals surface area (Å²) in [6.07, 6.45) is 1.69.